The van der Waals surface area contributed by atoms with Crippen LogP contribution in [0.4, 0.5) is 5.82 Å². The minimum absolute atomic E-state index is 0.476. The van der Waals surface area contributed by atoms with Gasteiger partial charge in [-0.3, -0.25) is 0 Å². The van der Waals surface area contributed by atoms with Crippen LogP contribution in [0.3, 0.4) is 0 Å². The van der Waals surface area contributed by atoms with Crippen molar-refractivity contribution >= 4 is 21.7 Å². The van der Waals surface area contributed by atoms with E-state index in [1.165, 1.54) is 0 Å². The van der Waals surface area contributed by atoms with Gasteiger partial charge in [0.25, 0.3) is 0 Å². The largest absolute Gasteiger partial charge is 0.372 e. The van der Waals surface area contributed by atoms with Gasteiger partial charge in [-0.1, -0.05) is 34.1 Å². The van der Waals surface area contributed by atoms with E-state index < -0.39 is 0 Å². The molecule has 0 aliphatic carbocycles. The normalized spacial score (nSPS) is 10.3. The first-order chi connectivity index (χ1) is 8.79. The summed E-state index contributed by atoms with van der Waals surface area (Å²) < 4.78 is 6.70. The van der Waals surface area contributed by atoms with Crippen LogP contribution in [0.25, 0.3) is 0 Å². The lowest BCUT2D eigenvalue weighted by atomic mass is 10.2. The standard InChI is InChI=1S/C13H14BrN3O/c14-12-5-3-10(4-6-12)8-18-9-11-2-1-7-16-13(11)17-15/h1-7H,8-9,15H2,(H,16,17). The van der Waals surface area contributed by atoms with Crippen LogP contribution >= 0.6 is 15.9 Å². The van der Waals surface area contributed by atoms with Gasteiger partial charge in [0.2, 0.25) is 0 Å². The summed E-state index contributed by atoms with van der Waals surface area (Å²) in [5, 5.41) is 0. The van der Waals surface area contributed by atoms with Crippen molar-refractivity contribution in [1.29, 1.82) is 0 Å². The average Bonchev–Trinajstić information content (AvgIpc) is 2.41. The van der Waals surface area contributed by atoms with E-state index in [1.807, 2.05) is 36.4 Å². The highest BCUT2D eigenvalue weighted by molar-refractivity contribution is 9.10. The third-order valence-corrected chi connectivity index (χ3v) is 3.00. The zero-order valence-corrected chi connectivity index (χ0v) is 11.4. The fraction of sp³-hybridized carbons (Fsp3) is 0.154. The number of hydrogen-bond donors (Lipinski definition) is 2. The molecule has 0 saturated heterocycles. The second-order valence-electron chi connectivity index (χ2n) is 3.77. The van der Waals surface area contributed by atoms with Crippen molar-refractivity contribution in [2.75, 3.05) is 5.43 Å². The number of hydrazine groups is 1. The Hall–Kier alpha value is -1.43. The fourth-order valence-corrected chi connectivity index (χ4v) is 1.81. The molecule has 4 nitrogen and oxygen atoms in total. The van der Waals surface area contributed by atoms with Crippen LogP contribution in [-0.2, 0) is 18.0 Å². The van der Waals surface area contributed by atoms with Gasteiger partial charge in [-0.25, -0.2) is 10.8 Å². The molecule has 2 aromatic rings. The average molecular weight is 308 g/mol. The molecule has 0 spiro atoms. The van der Waals surface area contributed by atoms with Crippen molar-refractivity contribution in [3.63, 3.8) is 0 Å². The predicted molar refractivity (Wildman–Crippen MR) is 74.7 cm³/mol. The third-order valence-electron chi connectivity index (χ3n) is 2.47. The molecule has 5 heteroatoms. The van der Waals surface area contributed by atoms with E-state index in [0.717, 1.165) is 15.6 Å². The maximum atomic E-state index is 5.64. The smallest absolute Gasteiger partial charge is 0.145 e. The summed E-state index contributed by atoms with van der Waals surface area (Å²) in [6, 6.07) is 11.8. The van der Waals surface area contributed by atoms with Gasteiger partial charge in [-0.05, 0) is 23.8 Å². The van der Waals surface area contributed by atoms with Crippen LogP contribution in [0.15, 0.2) is 47.1 Å². The molecule has 18 heavy (non-hydrogen) atoms. The summed E-state index contributed by atoms with van der Waals surface area (Å²) in [6.45, 7) is 1.04. The quantitative estimate of drug-likeness (QED) is 0.659. The van der Waals surface area contributed by atoms with E-state index in [-0.39, 0.29) is 0 Å². The zero-order valence-electron chi connectivity index (χ0n) is 9.77. The SMILES string of the molecule is NNc1ncccc1COCc1ccc(Br)cc1. The number of ether oxygens (including phenoxy) is 1. The number of nitrogen functional groups attached to an aromatic ring is 1. The molecule has 0 aliphatic heterocycles. The first kappa shape index (κ1) is 13.0. The van der Waals surface area contributed by atoms with E-state index in [4.69, 9.17) is 10.6 Å². The number of nitrogens with two attached hydrogens (primary N) is 1. The Balaban J connectivity index is 1.90. The van der Waals surface area contributed by atoms with Gasteiger partial charge in [0, 0.05) is 16.2 Å². The van der Waals surface area contributed by atoms with Gasteiger partial charge < -0.3 is 10.2 Å². The summed E-state index contributed by atoms with van der Waals surface area (Å²) in [5.41, 5.74) is 4.63. The van der Waals surface area contributed by atoms with E-state index in [9.17, 15) is 0 Å². The second kappa shape index (κ2) is 6.49. The third kappa shape index (κ3) is 3.53. The maximum Gasteiger partial charge on any atom is 0.145 e. The highest BCUT2D eigenvalue weighted by Gasteiger charge is 2.01. The minimum atomic E-state index is 0.476. The maximum absolute atomic E-state index is 5.64. The van der Waals surface area contributed by atoms with E-state index in [0.29, 0.717) is 19.0 Å². The summed E-state index contributed by atoms with van der Waals surface area (Å²) in [5.74, 6) is 6.02. The van der Waals surface area contributed by atoms with Gasteiger partial charge >= 0.3 is 0 Å². The van der Waals surface area contributed by atoms with Crippen molar-refractivity contribution < 1.29 is 4.74 Å². The van der Waals surface area contributed by atoms with Crippen LogP contribution in [0, 0.1) is 0 Å². The lowest BCUT2D eigenvalue weighted by Gasteiger charge is -2.08. The van der Waals surface area contributed by atoms with Gasteiger partial charge in [-0.15, -0.1) is 0 Å². The highest BCUT2D eigenvalue weighted by atomic mass is 79.9. The van der Waals surface area contributed by atoms with Crippen molar-refractivity contribution in [3.05, 3.63) is 58.2 Å². The monoisotopic (exact) mass is 307 g/mol. The van der Waals surface area contributed by atoms with Gasteiger partial charge in [0.1, 0.15) is 5.82 Å². The molecule has 1 aromatic carbocycles. The second-order valence-corrected chi connectivity index (χ2v) is 4.69. The summed E-state index contributed by atoms with van der Waals surface area (Å²) >= 11 is 3.40. The van der Waals surface area contributed by atoms with Gasteiger partial charge in [0.15, 0.2) is 0 Å². The minimum Gasteiger partial charge on any atom is -0.372 e. The number of pyridine rings is 1. The molecular weight excluding hydrogens is 294 g/mol. The molecule has 0 amide bonds. The molecule has 0 fully saturated rings. The predicted octanol–water partition coefficient (Wildman–Crippen LogP) is 2.85. The molecule has 1 aromatic heterocycles. The molecule has 0 radical (unpaired) electrons. The lowest BCUT2D eigenvalue weighted by molar-refractivity contribution is 0.107. The Morgan fingerprint density at radius 2 is 1.94 bits per heavy atom. The molecule has 2 rings (SSSR count). The van der Waals surface area contributed by atoms with E-state index >= 15 is 0 Å². The number of hydrogen-bond acceptors (Lipinski definition) is 4. The number of anilines is 1. The van der Waals surface area contributed by atoms with Crippen LogP contribution in [0.1, 0.15) is 11.1 Å². The molecule has 0 aliphatic rings. The Bertz CT molecular complexity index is 502. The van der Waals surface area contributed by atoms with E-state index in [2.05, 4.69) is 26.3 Å². The lowest BCUT2D eigenvalue weighted by Crippen LogP contribution is -2.11. The van der Waals surface area contributed by atoms with Crippen LogP contribution in [-0.4, -0.2) is 4.98 Å². The molecule has 0 atom stereocenters. The first-order valence-electron chi connectivity index (χ1n) is 5.52. The summed E-state index contributed by atoms with van der Waals surface area (Å²) in [7, 11) is 0. The van der Waals surface area contributed by atoms with Crippen molar-refractivity contribution in [2.24, 2.45) is 5.84 Å². The number of halogens is 1. The van der Waals surface area contributed by atoms with Crippen molar-refractivity contribution in [3.8, 4) is 0 Å². The molecule has 3 N–H and O–H groups in total. The number of rotatable bonds is 5. The van der Waals surface area contributed by atoms with E-state index in [1.54, 1.807) is 6.20 Å². The van der Waals surface area contributed by atoms with Crippen LogP contribution < -0.4 is 11.3 Å². The number of nitrogens with one attached hydrogen (secondary N) is 1. The van der Waals surface area contributed by atoms with Gasteiger partial charge in [0.05, 0.1) is 13.2 Å². The Morgan fingerprint density at radius 3 is 2.67 bits per heavy atom. The van der Waals surface area contributed by atoms with Crippen LogP contribution in [0.2, 0.25) is 0 Å². The fourth-order valence-electron chi connectivity index (χ4n) is 1.54. The number of aromatic nitrogens is 1. The highest BCUT2D eigenvalue weighted by Crippen LogP contribution is 2.14. The molecule has 94 valence electrons. The topological polar surface area (TPSA) is 60.2 Å². The first-order valence-corrected chi connectivity index (χ1v) is 6.31. The Morgan fingerprint density at radius 1 is 1.17 bits per heavy atom. The zero-order chi connectivity index (χ0) is 12.8. The Kier molecular flexibility index (Phi) is 4.69. The molecule has 0 bridgehead atoms. The Labute approximate surface area is 114 Å². The summed E-state index contributed by atoms with van der Waals surface area (Å²) in [4.78, 5) is 4.11. The molecule has 1 heterocycles. The van der Waals surface area contributed by atoms with Crippen molar-refractivity contribution in [1.82, 2.24) is 4.98 Å². The van der Waals surface area contributed by atoms with Crippen LogP contribution in [0.5, 0.6) is 0 Å². The molecular formula is C13H14BrN3O. The van der Waals surface area contributed by atoms with Crippen molar-refractivity contribution in [2.45, 2.75) is 13.2 Å². The molecule has 0 saturated carbocycles. The number of nitrogens with zero attached hydrogens (tertiary/aromatic N) is 1. The molecule has 0 unspecified atom stereocenters. The number of benzene rings is 1. The summed E-state index contributed by atoms with van der Waals surface area (Å²) in [6.07, 6.45) is 1.69. The van der Waals surface area contributed by atoms with Gasteiger partial charge in [-0.2, -0.15) is 0 Å².